The Bertz CT molecular complexity index is 721. The summed E-state index contributed by atoms with van der Waals surface area (Å²) in [5.74, 6) is 1.40. The van der Waals surface area contributed by atoms with E-state index in [1.807, 2.05) is 45.0 Å². The van der Waals surface area contributed by atoms with Gasteiger partial charge in [0.05, 0.1) is 19.9 Å². The van der Waals surface area contributed by atoms with Gasteiger partial charge in [0, 0.05) is 17.4 Å². The number of rotatable bonds is 5. The molecule has 0 aliphatic rings. The maximum atomic E-state index is 11.8. The molecule has 2 aromatic carbocycles. The normalized spacial score (nSPS) is 10.8. The lowest BCUT2D eigenvalue weighted by Gasteiger charge is -2.19. The van der Waals surface area contributed by atoms with Crippen molar-refractivity contribution in [1.29, 1.82) is 0 Å². The molecule has 2 aromatic rings. The lowest BCUT2D eigenvalue weighted by molar-refractivity contribution is 0.0636. The number of benzene rings is 2. The van der Waals surface area contributed by atoms with Gasteiger partial charge in [0.2, 0.25) is 0 Å². The number of methoxy groups -OCH3 is 2. The van der Waals surface area contributed by atoms with Crippen LogP contribution in [0.5, 0.6) is 11.5 Å². The third-order valence-corrected chi connectivity index (χ3v) is 3.22. The predicted octanol–water partition coefficient (Wildman–Crippen LogP) is 4.79. The Balaban J connectivity index is 2.04. The third-order valence-electron chi connectivity index (χ3n) is 3.22. The molecular formula is C19H24N2O4. The second kappa shape index (κ2) is 7.79. The molecule has 0 saturated heterocycles. The van der Waals surface area contributed by atoms with Crippen molar-refractivity contribution in [2.24, 2.45) is 0 Å². The van der Waals surface area contributed by atoms with Gasteiger partial charge in [-0.2, -0.15) is 0 Å². The van der Waals surface area contributed by atoms with E-state index in [0.717, 1.165) is 17.1 Å². The molecule has 6 nitrogen and oxygen atoms in total. The first kappa shape index (κ1) is 18.4. The molecule has 0 heterocycles. The summed E-state index contributed by atoms with van der Waals surface area (Å²) in [6.07, 6.45) is -0.481. The fourth-order valence-electron chi connectivity index (χ4n) is 2.12. The van der Waals surface area contributed by atoms with Crippen LogP contribution >= 0.6 is 0 Å². The van der Waals surface area contributed by atoms with Crippen LogP contribution in [0.25, 0.3) is 0 Å². The van der Waals surface area contributed by atoms with Crippen molar-refractivity contribution in [3.8, 4) is 11.5 Å². The number of anilines is 3. The zero-order valence-electron chi connectivity index (χ0n) is 15.2. The van der Waals surface area contributed by atoms with Crippen molar-refractivity contribution in [3.63, 3.8) is 0 Å². The van der Waals surface area contributed by atoms with E-state index in [2.05, 4.69) is 10.6 Å². The Labute approximate surface area is 148 Å². The molecular weight excluding hydrogens is 320 g/mol. The molecule has 0 unspecified atom stereocenters. The van der Waals surface area contributed by atoms with Crippen molar-refractivity contribution in [3.05, 3.63) is 42.5 Å². The van der Waals surface area contributed by atoms with Gasteiger partial charge in [0.1, 0.15) is 17.1 Å². The van der Waals surface area contributed by atoms with Gasteiger partial charge in [-0.05, 0) is 57.2 Å². The van der Waals surface area contributed by atoms with Gasteiger partial charge in [-0.3, -0.25) is 5.32 Å². The Hall–Kier alpha value is -2.89. The van der Waals surface area contributed by atoms with Gasteiger partial charge in [-0.15, -0.1) is 0 Å². The van der Waals surface area contributed by atoms with Crippen LogP contribution in [0.4, 0.5) is 21.9 Å². The average Bonchev–Trinajstić information content (AvgIpc) is 2.55. The van der Waals surface area contributed by atoms with Gasteiger partial charge < -0.3 is 19.5 Å². The van der Waals surface area contributed by atoms with E-state index in [0.29, 0.717) is 11.4 Å². The first-order valence-electron chi connectivity index (χ1n) is 7.90. The molecule has 0 atom stereocenters. The summed E-state index contributed by atoms with van der Waals surface area (Å²) in [4.78, 5) is 11.8. The van der Waals surface area contributed by atoms with Gasteiger partial charge >= 0.3 is 6.09 Å². The van der Waals surface area contributed by atoms with Crippen LogP contribution in [-0.2, 0) is 4.74 Å². The summed E-state index contributed by atoms with van der Waals surface area (Å²) >= 11 is 0. The SMILES string of the molecule is COc1ccc(Nc2ccc(NC(=O)OC(C)(C)C)cc2)c(OC)c1. The molecule has 0 bridgehead atoms. The van der Waals surface area contributed by atoms with Crippen LogP contribution in [-0.4, -0.2) is 25.9 Å². The van der Waals surface area contributed by atoms with Gasteiger partial charge in [-0.1, -0.05) is 0 Å². The van der Waals surface area contributed by atoms with E-state index < -0.39 is 11.7 Å². The largest absolute Gasteiger partial charge is 0.497 e. The highest BCUT2D eigenvalue weighted by molar-refractivity contribution is 5.85. The maximum absolute atomic E-state index is 11.8. The van der Waals surface area contributed by atoms with Crippen LogP contribution in [0.1, 0.15) is 20.8 Å². The lowest BCUT2D eigenvalue weighted by Crippen LogP contribution is -2.27. The molecule has 0 aromatic heterocycles. The second-order valence-electron chi connectivity index (χ2n) is 6.40. The van der Waals surface area contributed by atoms with E-state index in [9.17, 15) is 4.79 Å². The molecule has 2 N–H and O–H groups in total. The molecule has 134 valence electrons. The average molecular weight is 344 g/mol. The molecule has 0 spiro atoms. The molecule has 0 fully saturated rings. The van der Waals surface area contributed by atoms with Crippen LogP contribution in [0.2, 0.25) is 0 Å². The monoisotopic (exact) mass is 344 g/mol. The number of hydrogen-bond donors (Lipinski definition) is 2. The minimum absolute atomic E-state index is 0.481. The lowest BCUT2D eigenvalue weighted by atomic mass is 10.2. The molecule has 0 aliphatic heterocycles. The zero-order chi connectivity index (χ0) is 18.4. The summed E-state index contributed by atoms with van der Waals surface area (Å²) in [5.41, 5.74) is 1.80. The molecule has 1 amide bonds. The Morgan fingerprint density at radius 1 is 0.920 bits per heavy atom. The van der Waals surface area contributed by atoms with E-state index in [1.165, 1.54) is 0 Å². The number of nitrogens with one attached hydrogen (secondary N) is 2. The van der Waals surface area contributed by atoms with Gasteiger partial charge in [-0.25, -0.2) is 4.79 Å². The van der Waals surface area contributed by atoms with Gasteiger partial charge in [0.25, 0.3) is 0 Å². The third kappa shape index (κ3) is 5.60. The van der Waals surface area contributed by atoms with Crippen LogP contribution < -0.4 is 20.1 Å². The van der Waals surface area contributed by atoms with Crippen molar-refractivity contribution >= 4 is 23.2 Å². The number of carbonyl (C=O) groups is 1. The Kier molecular flexibility index (Phi) is 5.75. The molecule has 2 rings (SSSR count). The summed E-state index contributed by atoms with van der Waals surface area (Å²) in [6, 6.07) is 12.8. The fraction of sp³-hybridized carbons (Fsp3) is 0.316. The number of amides is 1. The smallest absolute Gasteiger partial charge is 0.412 e. The first-order chi connectivity index (χ1) is 11.8. The number of ether oxygens (including phenoxy) is 3. The highest BCUT2D eigenvalue weighted by Crippen LogP contribution is 2.31. The van der Waals surface area contributed by atoms with Crippen molar-refractivity contribution in [1.82, 2.24) is 0 Å². The van der Waals surface area contributed by atoms with Gasteiger partial charge in [0.15, 0.2) is 0 Å². The second-order valence-corrected chi connectivity index (χ2v) is 6.40. The summed E-state index contributed by atoms with van der Waals surface area (Å²) in [5, 5.41) is 5.97. The topological polar surface area (TPSA) is 68.8 Å². The predicted molar refractivity (Wildman–Crippen MR) is 99.1 cm³/mol. The summed E-state index contributed by atoms with van der Waals surface area (Å²) in [7, 11) is 3.21. The summed E-state index contributed by atoms with van der Waals surface area (Å²) < 4.78 is 15.8. The van der Waals surface area contributed by atoms with Crippen LogP contribution in [0.15, 0.2) is 42.5 Å². The molecule has 0 saturated carbocycles. The summed E-state index contributed by atoms with van der Waals surface area (Å²) in [6.45, 7) is 5.46. The zero-order valence-corrected chi connectivity index (χ0v) is 15.2. The minimum atomic E-state index is -0.531. The quantitative estimate of drug-likeness (QED) is 0.816. The molecule has 0 aliphatic carbocycles. The Morgan fingerprint density at radius 2 is 1.56 bits per heavy atom. The van der Waals surface area contributed by atoms with E-state index in [-0.39, 0.29) is 0 Å². The number of carbonyl (C=O) groups excluding carboxylic acids is 1. The highest BCUT2D eigenvalue weighted by atomic mass is 16.6. The standard InChI is InChI=1S/C19H24N2O4/c1-19(2,3)25-18(22)21-14-8-6-13(7-9-14)20-16-11-10-15(23-4)12-17(16)24-5/h6-12,20H,1-5H3,(H,21,22). The van der Waals surface area contributed by atoms with E-state index in [4.69, 9.17) is 14.2 Å². The number of hydrogen-bond acceptors (Lipinski definition) is 5. The maximum Gasteiger partial charge on any atom is 0.412 e. The van der Waals surface area contributed by atoms with E-state index >= 15 is 0 Å². The van der Waals surface area contributed by atoms with Crippen molar-refractivity contribution < 1.29 is 19.0 Å². The van der Waals surface area contributed by atoms with Crippen molar-refractivity contribution in [2.45, 2.75) is 26.4 Å². The van der Waals surface area contributed by atoms with E-state index in [1.54, 1.807) is 32.4 Å². The molecule has 25 heavy (non-hydrogen) atoms. The first-order valence-corrected chi connectivity index (χ1v) is 7.90. The highest BCUT2D eigenvalue weighted by Gasteiger charge is 2.16. The molecule has 6 heteroatoms. The van der Waals surface area contributed by atoms with Crippen molar-refractivity contribution in [2.75, 3.05) is 24.9 Å². The minimum Gasteiger partial charge on any atom is -0.497 e. The fourth-order valence-corrected chi connectivity index (χ4v) is 2.12. The molecule has 0 radical (unpaired) electrons. The van der Waals surface area contributed by atoms with Crippen LogP contribution in [0, 0.1) is 0 Å². The van der Waals surface area contributed by atoms with Crippen LogP contribution in [0.3, 0.4) is 0 Å². The Morgan fingerprint density at radius 3 is 2.12 bits per heavy atom.